The Bertz CT molecular complexity index is 503. The first-order valence-corrected chi connectivity index (χ1v) is 5.05. The van der Waals surface area contributed by atoms with E-state index < -0.39 is 29.4 Å². The third kappa shape index (κ3) is 4.82. The van der Waals surface area contributed by atoms with E-state index in [2.05, 4.69) is 0 Å². The molecule has 2 amide bonds. The summed E-state index contributed by atoms with van der Waals surface area (Å²) in [6.45, 7) is 0.112. The number of anilines is 1. The number of nitro groups is 1. The minimum Gasteiger partial charge on any atom is -0.329 e. The number of aryl methyl sites for hydroxylation is 1. The fourth-order valence-corrected chi connectivity index (χ4v) is 1.26. The lowest BCUT2D eigenvalue weighted by Gasteiger charge is -2.10. The van der Waals surface area contributed by atoms with Crippen LogP contribution in [0.15, 0.2) is 18.2 Å². The van der Waals surface area contributed by atoms with E-state index in [1.165, 1.54) is 12.1 Å². The minimum absolute atomic E-state index is 0.162. The number of hydrogen-bond donors (Lipinski definition) is 2. The zero-order valence-corrected chi connectivity index (χ0v) is 9.75. The van der Waals surface area contributed by atoms with Gasteiger partial charge >= 0.3 is 12.2 Å². The highest BCUT2D eigenvalue weighted by atomic mass is 19.4. The molecule has 0 aliphatic carbocycles. The Morgan fingerprint density at radius 3 is 2.58 bits per heavy atom. The van der Waals surface area contributed by atoms with Crippen LogP contribution in [0.5, 0.6) is 0 Å². The Kier molecular flexibility index (Phi) is 4.30. The van der Waals surface area contributed by atoms with Crippen molar-refractivity contribution in [3.05, 3.63) is 33.9 Å². The van der Waals surface area contributed by atoms with E-state index in [4.69, 9.17) is 0 Å². The van der Waals surface area contributed by atoms with Gasteiger partial charge in [-0.05, 0) is 18.6 Å². The number of nitro benzene ring substituents is 1. The van der Waals surface area contributed by atoms with Crippen molar-refractivity contribution in [3.63, 3.8) is 0 Å². The summed E-state index contributed by atoms with van der Waals surface area (Å²) in [5.41, 5.74) is 0.0640. The number of alkyl halides is 3. The lowest BCUT2D eigenvalue weighted by atomic mass is 10.2. The smallest absolute Gasteiger partial charge is 0.329 e. The van der Waals surface area contributed by atoms with Gasteiger partial charge < -0.3 is 10.6 Å². The highest BCUT2D eigenvalue weighted by Crippen LogP contribution is 2.25. The Morgan fingerprint density at radius 1 is 1.42 bits per heavy atom. The maximum atomic E-state index is 11.9. The number of carbonyl (C=O) groups excluding carboxylic acids is 1. The van der Waals surface area contributed by atoms with Crippen LogP contribution in [0.3, 0.4) is 0 Å². The molecule has 0 radical (unpaired) electrons. The van der Waals surface area contributed by atoms with E-state index in [9.17, 15) is 28.1 Å². The molecular formula is C10H10F3N3O3. The fourth-order valence-electron chi connectivity index (χ4n) is 1.26. The lowest BCUT2D eigenvalue weighted by Crippen LogP contribution is -2.36. The Labute approximate surface area is 105 Å². The van der Waals surface area contributed by atoms with E-state index in [0.717, 1.165) is 6.07 Å². The Morgan fingerprint density at radius 2 is 2.05 bits per heavy atom. The molecule has 1 rings (SSSR count). The second kappa shape index (κ2) is 5.55. The molecule has 0 atom stereocenters. The predicted molar refractivity (Wildman–Crippen MR) is 60.9 cm³/mol. The number of nitrogens with zero attached hydrogens (tertiary/aromatic N) is 1. The van der Waals surface area contributed by atoms with Crippen molar-refractivity contribution in [2.45, 2.75) is 13.1 Å². The number of nitrogens with one attached hydrogen (secondary N) is 2. The maximum absolute atomic E-state index is 11.9. The van der Waals surface area contributed by atoms with Crippen LogP contribution in [0.4, 0.5) is 29.3 Å². The molecule has 0 spiro atoms. The second-order valence-electron chi connectivity index (χ2n) is 3.70. The summed E-state index contributed by atoms with van der Waals surface area (Å²) in [6, 6.07) is 2.75. The van der Waals surface area contributed by atoms with Gasteiger partial charge in [-0.25, -0.2) is 4.79 Å². The molecule has 0 unspecified atom stereocenters. The topological polar surface area (TPSA) is 84.3 Å². The van der Waals surface area contributed by atoms with Gasteiger partial charge in [-0.2, -0.15) is 13.2 Å². The van der Waals surface area contributed by atoms with Crippen molar-refractivity contribution in [2.75, 3.05) is 11.9 Å². The molecule has 0 aliphatic heterocycles. The Balaban J connectivity index is 2.78. The molecule has 0 saturated heterocycles. The van der Waals surface area contributed by atoms with E-state index in [0.29, 0.717) is 5.56 Å². The summed E-state index contributed by atoms with van der Waals surface area (Å²) in [5, 5.41) is 14.3. The third-order valence-electron chi connectivity index (χ3n) is 2.05. The first-order chi connectivity index (χ1) is 8.69. The van der Waals surface area contributed by atoms with Crippen LogP contribution >= 0.6 is 0 Å². The average molecular weight is 277 g/mol. The molecule has 0 aliphatic rings. The number of amides is 2. The van der Waals surface area contributed by atoms with E-state index in [1.54, 1.807) is 12.2 Å². The molecule has 0 bridgehead atoms. The third-order valence-corrected chi connectivity index (χ3v) is 2.05. The highest BCUT2D eigenvalue weighted by Gasteiger charge is 2.28. The summed E-state index contributed by atoms with van der Waals surface area (Å²) >= 11 is 0. The number of benzene rings is 1. The van der Waals surface area contributed by atoms with Crippen molar-refractivity contribution in [1.29, 1.82) is 0 Å². The summed E-state index contributed by atoms with van der Waals surface area (Å²) in [6.07, 6.45) is -4.55. The largest absolute Gasteiger partial charge is 0.405 e. The van der Waals surface area contributed by atoms with Gasteiger partial charge in [-0.3, -0.25) is 10.1 Å². The maximum Gasteiger partial charge on any atom is 0.405 e. The van der Waals surface area contributed by atoms with Gasteiger partial charge in [0, 0.05) is 6.07 Å². The molecule has 104 valence electrons. The molecule has 6 nitrogen and oxygen atoms in total. The van der Waals surface area contributed by atoms with Crippen molar-refractivity contribution < 1.29 is 22.9 Å². The van der Waals surface area contributed by atoms with Crippen molar-refractivity contribution in [3.8, 4) is 0 Å². The summed E-state index contributed by atoms with van der Waals surface area (Å²) in [5.74, 6) is 0. The highest BCUT2D eigenvalue weighted by molar-refractivity contribution is 5.91. The minimum atomic E-state index is -4.55. The molecule has 0 heterocycles. The van der Waals surface area contributed by atoms with Crippen molar-refractivity contribution >= 4 is 17.4 Å². The van der Waals surface area contributed by atoms with Crippen molar-refractivity contribution in [2.24, 2.45) is 0 Å². The normalized spacial score (nSPS) is 10.9. The summed E-state index contributed by atoms with van der Waals surface area (Å²) < 4.78 is 35.6. The molecule has 0 fully saturated rings. The van der Waals surface area contributed by atoms with E-state index in [1.807, 2.05) is 5.32 Å². The summed E-state index contributed by atoms with van der Waals surface area (Å²) in [7, 11) is 0. The van der Waals surface area contributed by atoms with Gasteiger partial charge in [0.2, 0.25) is 0 Å². The van der Waals surface area contributed by atoms with Gasteiger partial charge in [-0.15, -0.1) is 0 Å². The standard InChI is InChI=1S/C10H10F3N3O3/c1-6-2-3-8(16(18)19)7(4-6)15-9(17)14-5-10(11,12)13/h2-4H,5H2,1H3,(H2,14,15,17). The Hall–Kier alpha value is -2.32. The number of hydrogen-bond acceptors (Lipinski definition) is 3. The molecule has 2 N–H and O–H groups in total. The van der Waals surface area contributed by atoms with Crippen LogP contribution in [0.25, 0.3) is 0 Å². The number of rotatable bonds is 3. The molecule has 0 saturated carbocycles. The van der Waals surface area contributed by atoms with Crippen LogP contribution in [0.2, 0.25) is 0 Å². The van der Waals surface area contributed by atoms with Gasteiger partial charge in [0.05, 0.1) is 4.92 Å². The number of carbonyl (C=O) groups is 1. The van der Waals surface area contributed by atoms with Gasteiger partial charge in [0.15, 0.2) is 0 Å². The number of urea groups is 1. The zero-order valence-electron chi connectivity index (χ0n) is 9.75. The fraction of sp³-hybridized carbons (Fsp3) is 0.300. The van der Waals surface area contributed by atoms with Crippen LogP contribution in [0.1, 0.15) is 5.56 Å². The quantitative estimate of drug-likeness (QED) is 0.657. The molecule has 9 heteroatoms. The predicted octanol–water partition coefficient (Wildman–Crippen LogP) is 2.59. The zero-order chi connectivity index (χ0) is 14.6. The molecule has 0 aromatic heterocycles. The van der Waals surface area contributed by atoms with Crippen LogP contribution < -0.4 is 10.6 Å². The van der Waals surface area contributed by atoms with E-state index in [-0.39, 0.29) is 5.69 Å². The monoisotopic (exact) mass is 277 g/mol. The SMILES string of the molecule is Cc1ccc([N+](=O)[O-])c(NC(=O)NCC(F)(F)F)c1. The van der Waals surface area contributed by atoms with Gasteiger partial charge in [0.25, 0.3) is 5.69 Å². The van der Waals surface area contributed by atoms with Crippen LogP contribution in [-0.4, -0.2) is 23.7 Å². The molecule has 1 aromatic carbocycles. The van der Waals surface area contributed by atoms with Crippen LogP contribution in [-0.2, 0) is 0 Å². The summed E-state index contributed by atoms with van der Waals surface area (Å²) in [4.78, 5) is 21.1. The molecule has 19 heavy (non-hydrogen) atoms. The average Bonchev–Trinajstić information content (AvgIpc) is 2.25. The first kappa shape index (κ1) is 14.7. The lowest BCUT2D eigenvalue weighted by molar-refractivity contribution is -0.383. The van der Waals surface area contributed by atoms with Crippen molar-refractivity contribution in [1.82, 2.24) is 5.32 Å². The van der Waals surface area contributed by atoms with Gasteiger partial charge in [-0.1, -0.05) is 6.07 Å². The first-order valence-electron chi connectivity index (χ1n) is 5.05. The molecular weight excluding hydrogens is 267 g/mol. The van der Waals surface area contributed by atoms with Crippen LogP contribution in [0, 0.1) is 17.0 Å². The van der Waals surface area contributed by atoms with Gasteiger partial charge in [0.1, 0.15) is 12.2 Å². The second-order valence-corrected chi connectivity index (χ2v) is 3.70. The molecule has 1 aromatic rings. The van der Waals surface area contributed by atoms with E-state index >= 15 is 0 Å². The number of halogens is 3.